The SMILES string of the molecule is CC(CCNCCc1ccc[nH]1)N1CCNCC1. The minimum Gasteiger partial charge on any atom is -0.365 e. The molecule has 2 heterocycles. The average Bonchev–Trinajstić information content (AvgIpc) is 2.92. The van der Waals surface area contributed by atoms with Crippen LogP contribution in [-0.4, -0.2) is 55.2 Å². The van der Waals surface area contributed by atoms with E-state index in [0.29, 0.717) is 6.04 Å². The van der Waals surface area contributed by atoms with E-state index in [-0.39, 0.29) is 0 Å². The molecule has 1 atom stereocenters. The Morgan fingerprint density at radius 2 is 2.17 bits per heavy atom. The number of piperazine rings is 1. The van der Waals surface area contributed by atoms with Gasteiger partial charge in [-0.05, 0) is 38.4 Å². The summed E-state index contributed by atoms with van der Waals surface area (Å²) in [6, 6.07) is 4.90. The monoisotopic (exact) mass is 250 g/mol. The van der Waals surface area contributed by atoms with Gasteiger partial charge in [0, 0.05) is 50.7 Å². The van der Waals surface area contributed by atoms with Crippen LogP contribution >= 0.6 is 0 Å². The molecule has 3 N–H and O–H groups in total. The fourth-order valence-electron chi connectivity index (χ4n) is 2.49. The first-order valence-corrected chi connectivity index (χ1v) is 7.14. The summed E-state index contributed by atoms with van der Waals surface area (Å²) in [4.78, 5) is 5.82. The summed E-state index contributed by atoms with van der Waals surface area (Å²) in [7, 11) is 0. The van der Waals surface area contributed by atoms with Gasteiger partial charge >= 0.3 is 0 Å². The lowest BCUT2D eigenvalue weighted by Crippen LogP contribution is -2.48. The zero-order valence-corrected chi connectivity index (χ0v) is 11.4. The van der Waals surface area contributed by atoms with E-state index in [1.807, 2.05) is 6.20 Å². The fourth-order valence-corrected chi connectivity index (χ4v) is 2.49. The van der Waals surface area contributed by atoms with E-state index in [0.717, 1.165) is 32.6 Å². The fraction of sp³-hybridized carbons (Fsp3) is 0.714. The lowest BCUT2D eigenvalue weighted by Gasteiger charge is -2.32. The predicted molar refractivity (Wildman–Crippen MR) is 75.9 cm³/mol. The summed E-state index contributed by atoms with van der Waals surface area (Å²) in [6.07, 6.45) is 4.32. The molecule has 1 saturated heterocycles. The molecular formula is C14H26N4. The van der Waals surface area contributed by atoms with E-state index in [9.17, 15) is 0 Å². The van der Waals surface area contributed by atoms with Crippen molar-refractivity contribution in [2.75, 3.05) is 39.3 Å². The van der Waals surface area contributed by atoms with Crippen molar-refractivity contribution in [2.24, 2.45) is 0 Å². The van der Waals surface area contributed by atoms with Gasteiger partial charge in [0.15, 0.2) is 0 Å². The number of aromatic amines is 1. The van der Waals surface area contributed by atoms with Crippen molar-refractivity contribution < 1.29 is 0 Å². The molecule has 2 rings (SSSR count). The molecule has 102 valence electrons. The Hall–Kier alpha value is -0.840. The minimum absolute atomic E-state index is 0.699. The van der Waals surface area contributed by atoms with Crippen LogP contribution in [0.1, 0.15) is 19.0 Å². The molecule has 1 unspecified atom stereocenters. The second-order valence-electron chi connectivity index (χ2n) is 5.12. The molecule has 1 aromatic heterocycles. The molecule has 0 amide bonds. The maximum atomic E-state index is 3.53. The van der Waals surface area contributed by atoms with Crippen molar-refractivity contribution in [1.29, 1.82) is 0 Å². The van der Waals surface area contributed by atoms with E-state index in [1.54, 1.807) is 0 Å². The summed E-state index contributed by atoms with van der Waals surface area (Å²) >= 11 is 0. The van der Waals surface area contributed by atoms with Crippen LogP contribution in [0.2, 0.25) is 0 Å². The highest BCUT2D eigenvalue weighted by atomic mass is 15.2. The van der Waals surface area contributed by atoms with Crippen molar-refractivity contribution in [2.45, 2.75) is 25.8 Å². The number of aromatic nitrogens is 1. The second kappa shape index (κ2) is 7.56. The summed E-state index contributed by atoms with van der Waals surface area (Å²) in [5.74, 6) is 0. The topological polar surface area (TPSA) is 43.1 Å². The maximum Gasteiger partial charge on any atom is 0.0159 e. The maximum absolute atomic E-state index is 3.53. The smallest absolute Gasteiger partial charge is 0.0159 e. The molecule has 0 radical (unpaired) electrons. The Morgan fingerprint density at radius 1 is 1.33 bits per heavy atom. The first-order chi connectivity index (χ1) is 8.86. The Kier molecular flexibility index (Phi) is 5.71. The highest BCUT2D eigenvalue weighted by molar-refractivity contribution is 5.03. The van der Waals surface area contributed by atoms with Crippen LogP contribution in [0.25, 0.3) is 0 Å². The van der Waals surface area contributed by atoms with Gasteiger partial charge in [-0.1, -0.05) is 0 Å². The van der Waals surface area contributed by atoms with E-state index in [1.165, 1.54) is 25.2 Å². The molecule has 1 aliphatic rings. The zero-order chi connectivity index (χ0) is 12.6. The van der Waals surface area contributed by atoms with E-state index in [4.69, 9.17) is 0 Å². The lowest BCUT2D eigenvalue weighted by molar-refractivity contribution is 0.176. The molecule has 4 heteroatoms. The van der Waals surface area contributed by atoms with Crippen LogP contribution < -0.4 is 10.6 Å². The van der Waals surface area contributed by atoms with Crippen molar-refractivity contribution in [3.63, 3.8) is 0 Å². The number of nitrogens with one attached hydrogen (secondary N) is 3. The first kappa shape index (κ1) is 13.6. The molecule has 1 fully saturated rings. The van der Waals surface area contributed by atoms with Crippen LogP contribution in [0, 0.1) is 0 Å². The van der Waals surface area contributed by atoms with Crippen LogP contribution in [0.3, 0.4) is 0 Å². The lowest BCUT2D eigenvalue weighted by atomic mass is 10.2. The molecule has 0 aromatic carbocycles. The number of hydrogen-bond acceptors (Lipinski definition) is 3. The van der Waals surface area contributed by atoms with Crippen molar-refractivity contribution in [3.05, 3.63) is 24.0 Å². The molecule has 1 aromatic rings. The molecule has 0 aliphatic carbocycles. The van der Waals surface area contributed by atoms with Gasteiger partial charge in [-0.2, -0.15) is 0 Å². The standard InChI is InChI=1S/C14H26N4/c1-13(18-11-9-16-10-12-18)4-7-15-8-5-14-3-2-6-17-14/h2-3,6,13,15-17H,4-5,7-12H2,1H3. The first-order valence-electron chi connectivity index (χ1n) is 7.14. The Labute approximate surface area is 110 Å². The van der Waals surface area contributed by atoms with Gasteiger partial charge in [-0.15, -0.1) is 0 Å². The molecular weight excluding hydrogens is 224 g/mol. The highest BCUT2D eigenvalue weighted by Gasteiger charge is 2.15. The van der Waals surface area contributed by atoms with Crippen LogP contribution in [-0.2, 0) is 6.42 Å². The van der Waals surface area contributed by atoms with Gasteiger partial charge in [0.2, 0.25) is 0 Å². The van der Waals surface area contributed by atoms with E-state index in [2.05, 4.69) is 39.6 Å². The average molecular weight is 250 g/mol. The largest absolute Gasteiger partial charge is 0.365 e. The summed E-state index contributed by atoms with van der Waals surface area (Å²) in [6.45, 7) is 9.21. The highest BCUT2D eigenvalue weighted by Crippen LogP contribution is 2.04. The third-order valence-corrected chi connectivity index (χ3v) is 3.75. The normalized spacial score (nSPS) is 18.9. The van der Waals surface area contributed by atoms with Gasteiger partial charge in [-0.25, -0.2) is 0 Å². The molecule has 0 spiro atoms. The van der Waals surface area contributed by atoms with Crippen molar-refractivity contribution >= 4 is 0 Å². The Morgan fingerprint density at radius 3 is 2.89 bits per heavy atom. The van der Waals surface area contributed by atoms with Gasteiger partial charge in [-0.3, -0.25) is 4.90 Å². The Balaban J connectivity index is 1.52. The minimum atomic E-state index is 0.699. The molecule has 4 nitrogen and oxygen atoms in total. The predicted octanol–water partition coefficient (Wildman–Crippen LogP) is 0.831. The van der Waals surface area contributed by atoms with E-state index >= 15 is 0 Å². The Bertz CT molecular complexity index is 304. The number of H-pyrrole nitrogens is 1. The van der Waals surface area contributed by atoms with Crippen LogP contribution in [0.15, 0.2) is 18.3 Å². The summed E-state index contributed by atoms with van der Waals surface area (Å²) in [5.41, 5.74) is 1.32. The molecule has 1 aliphatic heterocycles. The van der Waals surface area contributed by atoms with Gasteiger partial charge in [0.05, 0.1) is 0 Å². The van der Waals surface area contributed by atoms with Crippen LogP contribution in [0.4, 0.5) is 0 Å². The summed E-state index contributed by atoms with van der Waals surface area (Å²) < 4.78 is 0. The quantitative estimate of drug-likeness (QED) is 0.628. The summed E-state index contributed by atoms with van der Waals surface area (Å²) in [5, 5.41) is 6.93. The van der Waals surface area contributed by atoms with Gasteiger partial charge < -0.3 is 15.6 Å². The van der Waals surface area contributed by atoms with Crippen molar-refractivity contribution in [1.82, 2.24) is 20.5 Å². The van der Waals surface area contributed by atoms with Gasteiger partial charge in [0.25, 0.3) is 0 Å². The number of hydrogen-bond donors (Lipinski definition) is 3. The van der Waals surface area contributed by atoms with Gasteiger partial charge in [0.1, 0.15) is 0 Å². The van der Waals surface area contributed by atoms with Crippen molar-refractivity contribution in [3.8, 4) is 0 Å². The van der Waals surface area contributed by atoms with Crippen LogP contribution in [0.5, 0.6) is 0 Å². The molecule has 0 saturated carbocycles. The number of nitrogens with zero attached hydrogens (tertiary/aromatic N) is 1. The molecule has 18 heavy (non-hydrogen) atoms. The third kappa shape index (κ3) is 4.44. The zero-order valence-electron chi connectivity index (χ0n) is 11.4. The second-order valence-corrected chi connectivity index (χ2v) is 5.12. The molecule has 0 bridgehead atoms. The third-order valence-electron chi connectivity index (χ3n) is 3.75. The van der Waals surface area contributed by atoms with E-state index < -0.39 is 0 Å². The number of rotatable bonds is 7.